The number of benzene rings is 1. The van der Waals surface area contributed by atoms with E-state index in [9.17, 15) is 8.42 Å². The molecule has 0 aliphatic carbocycles. The molecule has 1 aromatic carbocycles. The van der Waals surface area contributed by atoms with Gasteiger partial charge in [0.15, 0.2) is 0 Å². The van der Waals surface area contributed by atoms with Crippen molar-refractivity contribution in [3.63, 3.8) is 0 Å². The third kappa shape index (κ3) is 4.16. The van der Waals surface area contributed by atoms with Crippen LogP contribution in [0.4, 0.5) is 0 Å². The van der Waals surface area contributed by atoms with Crippen LogP contribution in [0, 0.1) is 20.8 Å². The molecule has 0 unspecified atom stereocenters. The Labute approximate surface area is 168 Å². The lowest BCUT2D eigenvalue weighted by molar-refractivity contribution is 0.180. The molecule has 0 spiro atoms. The summed E-state index contributed by atoms with van der Waals surface area (Å²) in [4.78, 5) is 2.69. The van der Waals surface area contributed by atoms with Crippen LogP contribution in [0.2, 0.25) is 0 Å². The molecule has 3 rings (SSSR count). The first-order valence-electron chi connectivity index (χ1n) is 9.75. The molecule has 1 aromatic heterocycles. The van der Waals surface area contributed by atoms with E-state index in [0.29, 0.717) is 31.1 Å². The van der Waals surface area contributed by atoms with E-state index in [2.05, 4.69) is 30.8 Å². The molecule has 0 bridgehead atoms. The lowest BCUT2D eigenvalue weighted by Gasteiger charge is -2.34. The SMILES string of the molecule is Cc1ccc(C(C)(C)C)cc1S(=O)(=O)N1CCN(Cc2c(C)noc2C)CC1. The lowest BCUT2D eigenvalue weighted by atomic mass is 9.87. The van der Waals surface area contributed by atoms with Gasteiger partial charge in [-0.1, -0.05) is 38.1 Å². The first-order chi connectivity index (χ1) is 13.0. The highest BCUT2D eigenvalue weighted by Crippen LogP contribution is 2.29. The van der Waals surface area contributed by atoms with Crippen molar-refractivity contribution < 1.29 is 12.9 Å². The van der Waals surface area contributed by atoms with Gasteiger partial charge < -0.3 is 4.52 Å². The third-order valence-corrected chi connectivity index (χ3v) is 7.61. The van der Waals surface area contributed by atoms with Crippen LogP contribution in [-0.2, 0) is 22.0 Å². The van der Waals surface area contributed by atoms with Gasteiger partial charge in [0.25, 0.3) is 0 Å². The number of piperazine rings is 1. The molecule has 2 heterocycles. The Morgan fingerprint density at radius 2 is 1.71 bits per heavy atom. The summed E-state index contributed by atoms with van der Waals surface area (Å²) >= 11 is 0. The fraction of sp³-hybridized carbons (Fsp3) is 0.571. The average molecular weight is 406 g/mol. The normalized spacial score (nSPS) is 17.2. The maximum absolute atomic E-state index is 13.3. The fourth-order valence-electron chi connectivity index (χ4n) is 3.56. The Morgan fingerprint density at radius 1 is 1.07 bits per heavy atom. The van der Waals surface area contributed by atoms with Gasteiger partial charge in [0.2, 0.25) is 10.0 Å². The van der Waals surface area contributed by atoms with Crippen LogP contribution in [0.25, 0.3) is 0 Å². The van der Waals surface area contributed by atoms with Crippen LogP contribution in [0.1, 0.15) is 48.9 Å². The van der Waals surface area contributed by atoms with Crippen molar-refractivity contribution in [3.8, 4) is 0 Å². The smallest absolute Gasteiger partial charge is 0.243 e. The average Bonchev–Trinajstić information content (AvgIpc) is 2.93. The molecule has 0 saturated carbocycles. The Bertz CT molecular complexity index is 930. The number of aryl methyl sites for hydroxylation is 3. The number of rotatable bonds is 4. The maximum Gasteiger partial charge on any atom is 0.243 e. The van der Waals surface area contributed by atoms with Crippen LogP contribution < -0.4 is 0 Å². The van der Waals surface area contributed by atoms with Crippen LogP contribution in [0.3, 0.4) is 0 Å². The van der Waals surface area contributed by atoms with Crippen molar-refractivity contribution in [1.29, 1.82) is 0 Å². The van der Waals surface area contributed by atoms with Crippen molar-refractivity contribution in [3.05, 3.63) is 46.3 Å². The van der Waals surface area contributed by atoms with E-state index >= 15 is 0 Å². The number of hydrogen-bond acceptors (Lipinski definition) is 5. The summed E-state index contributed by atoms with van der Waals surface area (Å²) in [7, 11) is -3.50. The lowest BCUT2D eigenvalue weighted by Crippen LogP contribution is -2.48. The molecule has 6 nitrogen and oxygen atoms in total. The Morgan fingerprint density at radius 3 is 2.25 bits per heavy atom. The molecule has 1 aliphatic rings. The zero-order chi connectivity index (χ0) is 20.7. The van der Waals surface area contributed by atoms with Crippen LogP contribution in [0.15, 0.2) is 27.6 Å². The number of aromatic nitrogens is 1. The van der Waals surface area contributed by atoms with Gasteiger partial charge in [-0.15, -0.1) is 0 Å². The molecule has 2 aromatic rings. The van der Waals surface area contributed by atoms with E-state index in [1.54, 1.807) is 4.31 Å². The molecule has 1 aliphatic heterocycles. The summed E-state index contributed by atoms with van der Waals surface area (Å²) in [5.41, 5.74) is 3.75. The maximum atomic E-state index is 13.3. The van der Waals surface area contributed by atoms with Crippen molar-refractivity contribution in [1.82, 2.24) is 14.4 Å². The molecule has 0 amide bonds. The topological polar surface area (TPSA) is 66.7 Å². The number of sulfonamides is 1. The largest absolute Gasteiger partial charge is 0.361 e. The quantitative estimate of drug-likeness (QED) is 0.780. The second-order valence-electron chi connectivity index (χ2n) is 8.71. The molecule has 1 fully saturated rings. The number of hydrogen-bond donors (Lipinski definition) is 0. The Kier molecular flexibility index (Phi) is 5.71. The third-order valence-electron chi connectivity index (χ3n) is 5.57. The van der Waals surface area contributed by atoms with E-state index in [0.717, 1.165) is 34.7 Å². The minimum absolute atomic E-state index is 0.0922. The predicted octanol–water partition coefficient (Wildman–Crippen LogP) is 3.40. The highest BCUT2D eigenvalue weighted by Gasteiger charge is 2.31. The van der Waals surface area contributed by atoms with Crippen molar-refractivity contribution >= 4 is 10.0 Å². The molecular weight excluding hydrogens is 374 g/mol. The molecule has 0 atom stereocenters. The van der Waals surface area contributed by atoms with Gasteiger partial charge in [0.1, 0.15) is 5.76 Å². The van der Waals surface area contributed by atoms with Crippen LogP contribution in [0.5, 0.6) is 0 Å². The van der Waals surface area contributed by atoms with Gasteiger partial charge in [0, 0.05) is 38.3 Å². The molecule has 7 heteroatoms. The molecular formula is C21H31N3O3S. The van der Waals surface area contributed by atoms with E-state index in [1.165, 1.54) is 0 Å². The van der Waals surface area contributed by atoms with Gasteiger partial charge in [-0.2, -0.15) is 4.31 Å². The summed E-state index contributed by atoms with van der Waals surface area (Å²) in [6, 6.07) is 5.79. The van der Waals surface area contributed by atoms with Crippen molar-refractivity contribution in [2.45, 2.75) is 58.4 Å². The van der Waals surface area contributed by atoms with Gasteiger partial charge in [-0.25, -0.2) is 8.42 Å². The van der Waals surface area contributed by atoms with Gasteiger partial charge >= 0.3 is 0 Å². The molecule has 154 valence electrons. The van der Waals surface area contributed by atoms with Gasteiger partial charge in [-0.05, 0) is 43.4 Å². The highest BCUT2D eigenvalue weighted by atomic mass is 32.2. The zero-order valence-corrected chi connectivity index (χ0v) is 18.6. The minimum Gasteiger partial charge on any atom is -0.361 e. The van der Waals surface area contributed by atoms with Gasteiger partial charge in [0.05, 0.1) is 10.6 Å². The summed E-state index contributed by atoms with van der Waals surface area (Å²) in [5, 5.41) is 4.01. The summed E-state index contributed by atoms with van der Waals surface area (Å²) in [6.45, 7) is 15.1. The number of nitrogens with zero attached hydrogens (tertiary/aromatic N) is 3. The fourth-order valence-corrected chi connectivity index (χ4v) is 5.24. The Hall–Kier alpha value is -1.70. The van der Waals surface area contributed by atoms with E-state index < -0.39 is 10.0 Å². The van der Waals surface area contributed by atoms with E-state index in [1.807, 2.05) is 39.0 Å². The monoisotopic (exact) mass is 405 g/mol. The zero-order valence-electron chi connectivity index (χ0n) is 17.7. The van der Waals surface area contributed by atoms with E-state index in [-0.39, 0.29) is 5.41 Å². The summed E-state index contributed by atoms with van der Waals surface area (Å²) < 4.78 is 33.5. The van der Waals surface area contributed by atoms with Crippen LogP contribution in [-0.4, -0.2) is 49.0 Å². The molecule has 0 radical (unpaired) electrons. The van der Waals surface area contributed by atoms with Crippen LogP contribution >= 0.6 is 0 Å². The predicted molar refractivity (Wildman–Crippen MR) is 110 cm³/mol. The first kappa shape index (κ1) is 21.0. The first-order valence-corrected chi connectivity index (χ1v) is 11.2. The highest BCUT2D eigenvalue weighted by molar-refractivity contribution is 7.89. The van der Waals surface area contributed by atoms with Crippen molar-refractivity contribution in [2.24, 2.45) is 0 Å². The van der Waals surface area contributed by atoms with Crippen molar-refractivity contribution in [2.75, 3.05) is 26.2 Å². The standard InChI is InChI=1S/C21H31N3O3S/c1-15-7-8-18(21(4,5)6)13-20(15)28(25,26)24-11-9-23(10-12-24)14-19-16(2)22-27-17(19)3/h7-8,13H,9-12,14H2,1-6H3. The summed E-state index contributed by atoms with van der Waals surface area (Å²) in [5.74, 6) is 0.835. The Balaban J connectivity index is 1.75. The molecule has 28 heavy (non-hydrogen) atoms. The second kappa shape index (κ2) is 7.61. The van der Waals surface area contributed by atoms with Gasteiger partial charge in [-0.3, -0.25) is 4.90 Å². The minimum atomic E-state index is -3.50. The van der Waals surface area contributed by atoms with E-state index in [4.69, 9.17) is 4.52 Å². The summed E-state index contributed by atoms with van der Waals surface area (Å²) in [6.07, 6.45) is 0. The molecule has 1 saturated heterocycles. The second-order valence-corrected chi connectivity index (χ2v) is 10.6. The molecule has 0 N–H and O–H groups in total.